The molecule has 0 aliphatic carbocycles. The van der Waals surface area contributed by atoms with Crippen LogP contribution >= 0.6 is 11.8 Å². The Kier molecular flexibility index (Phi) is 8.19. The first-order valence-corrected chi connectivity index (χ1v) is 8.26. The van der Waals surface area contributed by atoms with E-state index < -0.39 is 0 Å². The van der Waals surface area contributed by atoms with Crippen molar-refractivity contribution in [3.05, 3.63) is 29.8 Å². The lowest BCUT2D eigenvalue weighted by atomic mass is 10.0. The molecule has 0 amide bonds. The molecular formula is C16H27NS. The third kappa shape index (κ3) is 5.45. The van der Waals surface area contributed by atoms with Gasteiger partial charge < -0.3 is 5.32 Å². The molecule has 0 spiro atoms. The molecule has 0 radical (unpaired) electrons. The maximum atomic E-state index is 3.60. The summed E-state index contributed by atoms with van der Waals surface area (Å²) in [5.41, 5.74) is 1.42. The third-order valence-corrected chi connectivity index (χ3v) is 4.20. The van der Waals surface area contributed by atoms with Gasteiger partial charge in [0.15, 0.2) is 0 Å². The molecule has 18 heavy (non-hydrogen) atoms. The predicted molar refractivity (Wildman–Crippen MR) is 83.4 cm³/mol. The van der Waals surface area contributed by atoms with Gasteiger partial charge in [0.05, 0.1) is 0 Å². The van der Waals surface area contributed by atoms with E-state index in [9.17, 15) is 0 Å². The zero-order valence-electron chi connectivity index (χ0n) is 12.0. The second kappa shape index (κ2) is 9.46. The predicted octanol–water partition coefficient (Wildman–Crippen LogP) is 5.03. The summed E-state index contributed by atoms with van der Waals surface area (Å²) in [6, 6.07) is 9.62. The molecule has 0 saturated heterocycles. The summed E-state index contributed by atoms with van der Waals surface area (Å²) in [7, 11) is 0. The summed E-state index contributed by atoms with van der Waals surface area (Å²) in [5.74, 6) is 1.24. The van der Waals surface area contributed by atoms with Crippen LogP contribution in [0.1, 0.15) is 58.1 Å². The fourth-order valence-corrected chi connectivity index (χ4v) is 2.94. The normalized spacial score (nSPS) is 12.6. The topological polar surface area (TPSA) is 12.0 Å². The van der Waals surface area contributed by atoms with Crippen molar-refractivity contribution in [1.29, 1.82) is 0 Å². The largest absolute Gasteiger partial charge is 0.310 e. The highest BCUT2D eigenvalue weighted by atomic mass is 32.2. The molecule has 0 aliphatic heterocycles. The molecule has 0 aliphatic rings. The summed E-state index contributed by atoms with van der Waals surface area (Å²) < 4.78 is 0. The van der Waals surface area contributed by atoms with Crippen molar-refractivity contribution in [3.8, 4) is 0 Å². The van der Waals surface area contributed by atoms with Crippen LogP contribution in [0.2, 0.25) is 0 Å². The quantitative estimate of drug-likeness (QED) is 0.496. The molecule has 1 unspecified atom stereocenters. The van der Waals surface area contributed by atoms with E-state index >= 15 is 0 Å². The number of benzene rings is 1. The zero-order valence-corrected chi connectivity index (χ0v) is 12.9. The second-order valence-corrected chi connectivity index (χ2v) is 5.85. The molecule has 0 bridgehead atoms. The maximum absolute atomic E-state index is 3.60. The van der Waals surface area contributed by atoms with Crippen molar-refractivity contribution in [3.63, 3.8) is 0 Å². The van der Waals surface area contributed by atoms with Gasteiger partial charge in [-0.3, -0.25) is 0 Å². The Balaban J connectivity index is 2.51. The van der Waals surface area contributed by atoms with Crippen LogP contribution in [-0.2, 0) is 0 Å². The van der Waals surface area contributed by atoms with Crippen LogP contribution in [0.15, 0.2) is 29.2 Å². The lowest BCUT2D eigenvalue weighted by Crippen LogP contribution is -2.21. The van der Waals surface area contributed by atoms with Gasteiger partial charge in [-0.05, 0) is 49.3 Å². The van der Waals surface area contributed by atoms with Gasteiger partial charge in [-0.2, -0.15) is 0 Å². The summed E-state index contributed by atoms with van der Waals surface area (Å²) in [6.45, 7) is 7.81. The lowest BCUT2D eigenvalue weighted by Gasteiger charge is -2.17. The van der Waals surface area contributed by atoms with Gasteiger partial charge in [0.1, 0.15) is 0 Å². The Morgan fingerprint density at radius 1 is 1.06 bits per heavy atom. The van der Waals surface area contributed by atoms with Gasteiger partial charge in [0.2, 0.25) is 0 Å². The van der Waals surface area contributed by atoms with E-state index in [1.165, 1.54) is 35.5 Å². The van der Waals surface area contributed by atoms with Gasteiger partial charge in [-0.25, -0.2) is 0 Å². The van der Waals surface area contributed by atoms with E-state index in [1.807, 2.05) is 11.8 Å². The Hall–Kier alpha value is -0.470. The van der Waals surface area contributed by atoms with Crippen molar-refractivity contribution >= 4 is 11.8 Å². The standard InChI is InChI=1S/C16H27NS/c1-4-7-13-18-15-10-8-14(9-11-15)16(6-3)17-12-5-2/h8-11,16-17H,4-7,12-13H2,1-3H3. The van der Waals surface area contributed by atoms with Crippen molar-refractivity contribution in [2.24, 2.45) is 0 Å². The van der Waals surface area contributed by atoms with E-state index in [0.29, 0.717) is 6.04 Å². The molecule has 102 valence electrons. The number of nitrogens with one attached hydrogen (secondary N) is 1. The van der Waals surface area contributed by atoms with Gasteiger partial charge in [0, 0.05) is 10.9 Å². The van der Waals surface area contributed by atoms with Crippen LogP contribution in [0.25, 0.3) is 0 Å². The van der Waals surface area contributed by atoms with Crippen LogP contribution in [0.3, 0.4) is 0 Å². The van der Waals surface area contributed by atoms with Crippen LogP contribution in [0.5, 0.6) is 0 Å². The highest BCUT2D eigenvalue weighted by Gasteiger charge is 2.07. The summed E-state index contributed by atoms with van der Waals surface area (Å²) in [6.07, 6.45) is 4.94. The Morgan fingerprint density at radius 2 is 1.78 bits per heavy atom. The minimum absolute atomic E-state index is 0.514. The van der Waals surface area contributed by atoms with Crippen LogP contribution in [-0.4, -0.2) is 12.3 Å². The van der Waals surface area contributed by atoms with E-state index in [0.717, 1.165) is 13.0 Å². The van der Waals surface area contributed by atoms with Crippen molar-refractivity contribution in [1.82, 2.24) is 5.32 Å². The molecule has 0 saturated carbocycles. The first kappa shape index (κ1) is 15.6. The van der Waals surface area contributed by atoms with Crippen LogP contribution in [0.4, 0.5) is 0 Å². The molecular weight excluding hydrogens is 238 g/mol. The summed E-state index contributed by atoms with van der Waals surface area (Å²) >= 11 is 1.97. The molecule has 0 heterocycles. The molecule has 1 rings (SSSR count). The molecule has 1 aromatic carbocycles. The summed E-state index contributed by atoms with van der Waals surface area (Å²) in [5, 5.41) is 3.60. The number of hydrogen-bond donors (Lipinski definition) is 1. The molecule has 1 aromatic rings. The number of rotatable bonds is 9. The lowest BCUT2D eigenvalue weighted by molar-refractivity contribution is 0.518. The van der Waals surface area contributed by atoms with E-state index in [2.05, 4.69) is 50.4 Å². The van der Waals surface area contributed by atoms with Crippen molar-refractivity contribution in [2.45, 2.75) is 57.4 Å². The minimum Gasteiger partial charge on any atom is -0.310 e. The maximum Gasteiger partial charge on any atom is 0.0317 e. The third-order valence-electron chi connectivity index (χ3n) is 3.10. The Bertz CT molecular complexity index is 307. The molecule has 1 nitrogen and oxygen atoms in total. The number of thioether (sulfide) groups is 1. The Morgan fingerprint density at radius 3 is 2.33 bits per heavy atom. The smallest absolute Gasteiger partial charge is 0.0317 e. The highest BCUT2D eigenvalue weighted by Crippen LogP contribution is 2.23. The van der Waals surface area contributed by atoms with E-state index in [1.54, 1.807) is 0 Å². The highest BCUT2D eigenvalue weighted by molar-refractivity contribution is 7.99. The zero-order chi connectivity index (χ0) is 13.2. The molecule has 1 N–H and O–H groups in total. The average molecular weight is 265 g/mol. The van der Waals surface area contributed by atoms with Crippen molar-refractivity contribution < 1.29 is 0 Å². The van der Waals surface area contributed by atoms with Crippen molar-refractivity contribution in [2.75, 3.05) is 12.3 Å². The van der Waals surface area contributed by atoms with Gasteiger partial charge in [0.25, 0.3) is 0 Å². The fraction of sp³-hybridized carbons (Fsp3) is 0.625. The molecule has 2 heteroatoms. The van der Waals surface area contributed by atoms with Gasteiger partial charge in [-0.15, -0.1) is 11.8 Å². The van der Waals surface area contributed by atoms with E-state index in [4.69, 9.17) is 0 Å². The first-order chi connectivity index (χ1) is 8.81. The monoisotopic (exact) mass is 265 g/mol. The van der Waals surface area contributed by atoms with Crippen LogP contribution in [0, 0.1) is 0 Å². The van der Waals surface area contributed by atoms with Gasteiger partial charge >= 0.3 is 0 Å². The molecule has 0 aromatic heterocycles. The summed E-state index contributed by atoms with van der Waals surface area (Å²) in [4.78, 5) is 1.40. The molecule has 1 atom stereocenters. The average Bonchev–Trinajstić information content (AvgIpc) is 2.41. The Labute approximate surface area is 117 Å². The minimum atomic E-state index is 0.514. The fourth-order valence-electron chi connectivity index (χ4n) is 1.95. The SMILES string of the molecule is CCCCSc1ccc(C(CC)NCCC)cc1. The van der Waals surface area contributed by atoms with Gasteiger partial charge in [-0.1, -0.05) is 39.3 Å². The first-order valence-electron chi connectivity index (χ1n) is 7.27. The number of hydrogen-bond acceptors (Lipinski definition) is 2. The molecule has 0 fully saturated rings. The van der Waals surface area contributed by atoms with E-state index in [-0.39, 0.29) is 0 Å². The number of unbranched alkanes of at least 4 members (excludes halogenated alkanes) is 1. The van der Waals surface area contributed by atoms with Crippen LogP contribution < -0.4 is 5.32 Å². The second-order valence-electron chi connectivity index (χ2n) is 4.69.